The number of nitrogens with zero attached hydrogens (tertiary/aromatic N) is 3. The Morgan fingerprint density at radius 1 is 1.31 bits per heavy atom. The number of hydrogen-bond acceptors (Lipinski definition) is 3. The topological polar surface area (TPSA) is 47.8 Å². The van der Waals surface area contributed by atoms with Crippen LogP contribution in [-0.4, -0.2) is 20.8 Å². The highest BCUT2D eigenvalue weighted by molar-refractivity contribution is 5.73. The Balaban J connectivity index is 2.52. The molecule has 0 atom stereocenters. The molecule has 0 bridgehead atoms. The van der Waals surface area contributed by atoms with Crippen molar-refractivity contribution >= 4 is 6.29 Å². The van der Waals surface area contributed by atoms with Crippen molar-refractivity contribution in [1.82, 2.24) is 14.5 Å². The van der Waals surface area contributed by atoms with Gasteiger partial charge in [-0.05, 0) is 12.1 Å². The first-order valence-electron chi connectivity index (χ1n) is 3.80. The van der Waals surface area contributed by atoms with Crippen molar-refractivity contribution in [2.45, 2.75) is 0 Å². The number of hydrogen-bond donors (Lipinski definition) is 0. The van der Waals surface area contributed by atoms with Crippen molar-refractivity contribution in [2.24, 2.45) is 0 Å². The van der Waals surface area contributed by atoms with Gasteiger partial charge in [-0.3, -0.25) is 4.79 Å². The summed E-state index contributed by atoms with van der Waals surface area (Å²) in [6.45, 7) is 0. The summed E-state index contributed by atoms with van der Waals surface area (Å²) in [5, 5.41) is 0. The van der Waals surface area contributed by atoms with E-state index in [1.54, 1.807) is 35.3 Å². The fraction of sp³-hybridized carbons (Fsp3) is 0. The lowest BCUT2D eigenvalue weighted by Gasteiger charge is -2.02. The Morgan fingerprint density at radius 3 is 2.77 bits per heavy atom. The molecule has 2 aromatic rings. The molecule has 2 heterocycles. The van der Waals surface area contributed by atoms with Crippen LogP contribution in [-0.2, 0) is 0 Å². The van der Waals surface area contributed by atoms with Gasteiger partial charge in [0, 0.05) is 6.20 Å². The van der Waals surface area contributed by atoms with Crippen LogP contribution in [0.25, 0.3) is 5.69 Å². The maximum absolute atomic E-state index is 10.6. The van der Waals surface area contributed by atoms with E-state index in [2.05, 4.69) is 9.97 Å². The number of carbonyl (C=O) groups is 1. The van der Waals surface area contributed by atoms with Gasteiger partial charge in [-0.25, -0.2) is 9.97 Å². The van der Waals surface area contributed by atoms with E-state index in [1.807, 2.05) is 0 Å². The second-order valence-corrected chi connectivity index (χ2v) is 2.52. The monoisotopic (exact) mass is 173 g/mol. The standard InChI is InChI=1S/C9H7N3O/c13-6-8-2-1-3-12(8)9-4-10-7-11-5-9/h1-7H. The van der Waals surface area contributed by atoms with Gasteiger partial charge < -0.3 is 4.57 Å². The third kappa shape index (κ3) is 1.33. The van der Waals surface area contributed by atoms with Crippen molar-refractivity contribution in [3.8, 4) is 5.69 Å². The van der Waals surface area contributed by atoms with E-state index in [0.29, 0.717) is 5.69 Å². The highest BCUT2D eigenvalue weighted by Gasteiger charge is 2.00. The van der Waals surface area contributed by atoms with Crippen LogP contribution in [0.3, 0.4) is 0 Å². The lowest BCUT2D eigenvalue weighted by molar-refractivity contribution is 0.111. The van der Waals surface area contributed by atoms with Gasteiger partial charge in [0.25, 0.3) is 0 Å². The second kappa shape index (κ2) is 3.18. The average molecular weight is 173 g/mol. The summed E-state index contributed by atoms with van der Waals surface area (Å²) in [6.07, 6.45) is 7.35. The SMILES string of the molecule is O=Cc1cccn1-c1cncnc1. The number of carbonyl (C=O) groups excluding carboxylic acids is 1. The third-order valence-corrected chi connectivity index (χ3v) is 1.73. The molecule has 0 saturated carbocycles. The fourth-order valence-corrected chi connectivity index (χ4v) is 1.14. The summed E-state index contributed by atoms with van der Waals surface area (Å²) < 4.78 is 1.73. The first-order valence-corrected chi connectivity index (χ1v) is 3.80. The predicted octanol–water partition coefficient (Wildman–Crippen LogP) is 1.08. The molecular weight excluding hydrogens is 166 g/mol. The molecule has 0 fully saturated rings. The van der Waals surface area contributed by atoms with Crippen molar-refractivity contribution in [1.29, 1.82) is 0 Å². The summed E-state index contributed by atoms with van der Waals surface area (Å²) in [5.74, 6) is 0. The highest BCUT2D eigenvalue weighted by atomic mass is 16.1. The molecule has 13 heavy (non-hydrogen) atoms. The Hall–Kier alpha value is -1.97. The largest absolute Gasteiger partial charge is 0.311 e. The maximum Gasteiger partial charge on any atom is 0.166 e. The molecular formula is C9H7N3O. The van der Waals surface area contributed by atoms with Gasteiger partial charge in [0.2, 0.25) is 0 Å². The van der Waals surface area contributed by atoms with Gasteiger partial charge in [-0.1, -0.05) is 0 Å². The van der Waals surface area contributed by atoms with Crippen molar-refractivity contribution in [3.05, 3.63) is 42.7 Å². The molecule has 0 aliphatic carbocycles. The lowest BCUT2D eigenvalue weighted by Crippen LogP contribution is -1.98. The van der Waals surface area contributed by atoms with Crippen LogP contribution >= 0.6 is 0 Å². The van der Waals surface area contributed by atoms with E-state index in [1.165, 1.54) is 6.33 Å². The van der Waals surface area contributed by atoms with Crippen LogP contribution < -0.4 is 0 Å². The van der Waals surface area contributed by atoms with Crippen molar-refractivity contribution in [3.63, 3.8) is 0 Å². The van der Waals surface area contributed by atoms with E-state index >= 15 is 0 Å². The first-order chi connectivity index (χ1) is 6.42. The summed E-state index contributed by atoms with van der Waals surface area (Å²) in [6, 6.07) is 3.54. The van der Waals surface area contributed by atoms with Crippen LogP contribution in [0, 0.1) is 0 Å². The minimum Gasteiger partial charge on any atom is -0.311 e. The molecule has 4 nitrogen and oxygen atoms in total. The number of rotatable bonds is 2. The van der Waals surface area contributed by atoms with Gasteiger partial charge in [0.15, 0.2) is 6.29 Å². The minimum absolute atomic E-state index is 0.592. The zero-order valence-corrected chi connectivity index (χ0v) is 6.79. The summed E-state index contributed by atoms with van der Waals surface area (Å²) in [4.78, 5) is 18.3. The Kier molecular flexibility index (Phi) is 1.88. The first kappa shape index (κ1) is 7.67. The third-order valence-electron chi connectivity index (χ3n) is 1.73. The molecule has 0 unspecified atom stereocenters. The van der Waals surface area contributed by atoms with E-state index in [9.17, 15) is 4.79 Å². The summed E-state index contributed by atoms with van der Waals surface area (Å²) >= 11 is 0. The zero-order valence-electron chi connectivity index (χ0n) is 6.79. The maximum atomic E-state index is 10.6. The molecule has 0 N–H and O–H groups in total. The molecule has 0 saturated heterocycles. The number of aldehydes is 1. The second-order valence-electron chi connectivity index (χ2n) is 2.52. The zero-order chi connectivity index (χ0) is 9.10. The molecule has 0 aliphatic heterocycles. The van der Waals surface area contributed by atoms with E-state index in [4.69, 9.17) is 0 Å². The molecule has 0 radical (unpaired) electrons. The number of aromatic nitrogens is 3. The molecule has 2 rings (SSSR count). The van der Waals surface area contributed by atoms with Crippen LogP contribution in [0.4, 0.5) is 0 Å². The van der Waals surface area contributed by atoms with E-state index in [0.717, 1.165) is 12.0 Å². The van der Waals surface area contributed by atoms with Crippen LogP contribution in [0.2, 0.25) is 0 Å². The Labute approximate surface area is 74.9 Å². The van der Waals surface area contributed by atoms with Crippen LogP contribution in [0.1, 0.15) is 10.5 Å². The summed E-state index contributed by atoms with van der Waals surface area (Å²) in [5.41, 5.74) is 1.38. The van der Waals surface area contributed by atoms with E-state index < -0.39 is 0 Å². The summed E-state index contributed by atoms with van der Waals surface area (Å²) in [7, 11) is 0. The molecule has 0 spiro atoms. The van der Waals surface area contributed by atoms with Crippen molar-refractivity contribution < 1.29 is 4.79 Å². The normalized spacial score (nSPS) is 9.85. The average Bonchev–Trinajstić information content (AvgIpc) is 2.67. The molecule has 4 heteroatoms. The van der Waals surface area contributed by atoms with Gasteiger partial charge in [-0.15, -0.1) is 0 Å². The predicted molar refractivity (Wildman–Crippen MR) is 46.7 cm³/mol. The Morgan fingerprint density at radius 2 is 2.08 bits per heavy atom. The molecule has 0 aromatic carbocycles. The van der Waals surface area contributed by atoms with Gasteiger partial charge >= 0.3 is 0 Å². The van der Waals surface area contributed by atoms with E-state index in [-0.39, 0.29) is 0 Å². The minimum atomic E-state index is 0.592. The molecule has 2 aromatic heterocycles. The van der Waals surface area contributed by atoms with Gasteiger partial charge in [-0.2, -0.15) is 0 Å². The smallest absolute Gasteiger partial charge is 0.166 e. The molecule has 0 amide bonds. The highest BCUT2D eigenvalue weighted by Crippen LogP contribution is 2.07. The lowest BCUT2D eigenvalue weighted by atomic mass is 10.4. The van der Waals surface area contributed by atoms with Gasteiger partial charge in [0.1, 0.15) is 6.33 Å². The fourth-order valence-electron chi connectivity index (χ4n) is 1.14. The van der Waals surface area contributed by atoms with Crippen LogP contribution in [0.5, 0.6) is 0 Å². The van der Waals surface area contributed by atoms with Gasteiger partial charge in [0.05, 0.1) is 23.8 Å². The Bertz CT molecular complexity index is 408. The molecule has 0 aliphatic rings. The van der Waals surface area contributed by atoms with Crippen molar-refractivity contribution in [2.75, 3.05) is 0 Å². The quantitative estimate of drug-likeness (QED) is 0.638. The molecule has 64 valence electrons. The van der Waals surface area contributed by atoms with Crippen LogP contribution in [0.15, 0.2) is 37.1 Å².